The first kappa shape index (κ1) is 15.2. The molecule has 0 saturated heterocycles. The molecule has 0 aliphatic heterocycles. The fourth-order valence-corrected chi connectivity index (χ4v) is 1.83. The highest BCUT2D eigenvalue weighted by Gasteiger charge is 2.23. The van der Waals surface area contributed by atoms with Crippen molar-refractivity contribution in [2.24, 2.45) is 23.0 Å². The number of rotatable bonds is 5. The van der Waals surface area contributed by atoms with Crippen LogP contribution in [0, 0.1) is 17.3 Å². The van der Waals surface area contributed by atoms with E-state index >= 15 is 0 Å². The van der Waals surface area contributed by atoms with Crippen molar-refractivity contribution < 1.29 is 0 Å². The van der Waals surface area contributed by atoms with E-state index in [9.17, 15) is 0 Å². The Kier molecular flexibility index (Phi) is 4.91. The molecule has 1 aromatic rings. The lowest BCUT2D eigenvalue weighted by Gasteiger charge is -2.27. The Morgan fingerprint density at radius 1 is 1.11 bits per heavy atom. The molecular weight excluding hydrogens is 224 g/mol. The summed E-state index contributed by atoms with van der Waals surface area (Å²) in [6.07, 6.45) is 0.962. The van der Waals surface area contributed by atoms with Gasteiger partial charge in [-0.1, -0.05) is 41.5 Å². The summed E-state index contributed by atoms with van der Waals surface area (Å²) in [7, 11) is 0. The average Bonchev–Trinajstić information content (AvgIpc) is 2.59. The zero-order chi connectivity index (χ0) is 13.9. The molecule has 0 fully saturated rings. The van der Waals surface area contributed by atoms with E-state index in [1.54, 1.807) is 0 Å². The van der Waals surface area contributed by atoms with Gasteiger partial charge in [0.1, 0.15) is 11.6 Å². The maximum atomic E-state index is 5.73. The molecule has 0 radical (unpaired) electrons. The lowest BCUT2D eigenvalue weighted by Crippen LogP contribution is -2.22. The first-order valence-electron chi connectivity index (χ1n) is 6.86. The number of nitrogens with two attached hydrogens (primary N) is 1. The van der Waals surface area contributed by atoms with Crippen molar-refractivity contribution in [1.82, 2.24) is 14.8 Å². The first-order chi connectivity index (χ1) is 8.25. The van der Waals surface area contributed by atoms with E-state index in [2.05, 4.69) is 56.3 Å². The van der Waals surface area contributed by atoms with Crippen LogP contribution in [0.15, 0.2) is 0 Å². The first-order valence-corrected chi connectivity index (χ1v) is 6.86. The fourth-order valence-electron chi connectivity index (χ4n) is 1.83. The summed E-state index contributed by atoms with van der Waals surface area (Å²) < 4.78 is 2.20. The number of hydrogen-bond acceptors (Lipinski definition) is 3. The molecule has 0 amide bonds. The van der Waals surface area contributed by atoms with Crippen LogP contribution in [0.5, 0.6) is 0 Å². The second kappa shape index (κ2) is 5.83. The standard InChI is InChI=1S/C14H28N4/c1-10(2)9-18-12(16-17-13(18)8-15)7-11(3)14(4,5)6/h10-11H,7-9,15H2,1-6H3. The van der Waals surface area contributed by atoms with Crippen LogP contribution < -0.4 is 5.73 Å². The highest BCUT2D eigenvalue weighted by atomic mass is 15.3. The molecule has 2 N–H and O–H groups in total. The second-order valence-corrected chi connectivity index (χ2v) is 6.71. The van der Waals surface area contributed by atoms with Crippen LogP contribution in [-0.4, -0.2) is 14.8 Å². The van der Waals surface area contributed by atoms with Crippen LogP contribution >= 0.6 is 0 Å². The molecule has 4 heteroatoms. The van der Waals surface area contributed by atoms with Gasteiger partial charge in [0.15, 0.2) is 0 Å². The Morgan fingerprint density at radius 3 is 2.11 bits per heavy atom. The molecule has 0 saturated carbocycles. The quantitative estimate of drug-likeness (QED) is 0.876. The Morgan fingerprint density at radius 2 is 1.67 bits per heavy atom. The average molecular weight is 252 g/mol. The predicted molar refractivity (Wildman–Crippen MR) is 75.1 cm³/mol. The van der Waals surface area contributed by atoms with Crippen LogP contribution in [0.3, 0.4) is 0 Å². The summed E-state index contributed by atoms with van der Waals surface area (Å²) in [5, 5.41) is 8.54. The van der Waals surface area contributed by atoms with E-state index < -0.39 is 0 Å². The van der Waals surface area contributed by atoms with Crippen molar-refractivity contribution in [1.29, 1.82) is 0 Å². The van der Waals surface area contributed by atoms with Crippen LogP contribution in [0.25, 0.3) is 0 Å². The highest BCUT2D eigenvalue weighted by Crippen LogP contribution is 2.28. The van der Waals surface area contributed by atoms with Gasteiger partial charge in [-0.25, -0.2) is 0 Å². The molecule has 1 unspecified atom stereocenters. The van der Waals surface area contributed by atoms with E-state index in [-0.39, 0.29) is 5.41 Å². The van der Waals surface area contributed by atoms with Crippen LogP contribution in [0.1, 0.15) is 53.2 Å². The summed E-state index contributed by atoms with van der Waals surface area (Å²) in [5.74, 6) is 3.12. The third-order valence-electron chi connectivity index (χ3n) is 3.60. The zero-order valence-corrected chi connectivity index (χ0v) is 12.7. The Bertz CT molecular complexity index is 374. The van der Waals surface area contributed by atoms with E-state index in [1.807, 2.05) is 0 Å². The van der Waals surface area contributed by atoms with Gasteiger partial charge in [0.2, 0.25) is 0 Å². The summed E-state index contributed by atoms with van der Waals surface area (Å²) in [6, 6.07) is 0. The molecular formula is C14H28N4. The number of nitrogens with zero attached hydrogens (tertiary/aromatic N) is 3. The predicted octanol–water partition coefficient (Wildman–Crippen LogP) is 2.62. The van der Waals surface area contributed by atoms with Crippen molar-refractivity contribution >= 4 is 0 Å². The normalized spacial score (nSPS) is 14.2. The molecule has 1 aromatic heterocycles. The maximum Gasteiger partial charge on any atom is 0.146 e. The summed E-state index contributed by atoms with van der Waals surface area (Å²) in [4.78, 5) is 0. The van der Waals surface area contributed by atoms with Crippen LogP contribution in [0.4, 0.5) is 0 Å². The molecule has 0 spiro atoms. The molecule has 0 aliphatic carbocycles. The summed E-state index contributed by atoms with van der Waals surface area (Å²) in [5.41, 5.74) is 6.02. The molecule has 1 rings (SSSR count). The van der Waals surface area contributed by atoms with Crippen molar-refractivity contribution in [3.8, 4) is 0 Å². The Hall–Kier alpha value is -0.900. The fraction of sp³-hybridized carbons (Fsp3) is 0.857. The van der Waals surface area contributed by atoms with E-state index in [0.29, 0.717) is 18.4 Å². The summed E-state index contributed by atoms with van der Waals surface area (Å²) in [6.45, 7) is 14.9. The van der Waals surface area contributed by atoms with Gasteiger partial charge in [0, 0.05) is 13.0 Å². The van der Waals surface area contributed by atoms with Crippen LogP contribution in [0.2, 0.25) is 0 Å². The van der Waals surface area contributed by atoms with E-state index in [0.717, 1.165) is 24.6 Å². The van der Waals surface area contributed by atoms with Gasteiger partial charge in [-0.3, -0.25) is 0 Å². The number of hydrogen-bond donors (Lipinski definition) is 1. The smallest absolute Gasteiger partial charge is 0.146 e. The minimum absolute atomic E-state index is 0.289. The highest BCUT2D eigenvalue weighted by molar-refractivity contribution is 4.98. The monoisotopic (exact) mass is 252 g/mol. The number of aromatic nitrogens is 3. The van der Waals surface area contributed by atoms with E-state index in [1.165, 1.54) is 0 Å². The SMILES string of the molecule is CC(C)Cn1c(CN)nnc1CC(C)C(C)(C)C. The molecule has 0 aliphatic rings. The molecule has 18 heavy (non-hydrogen) atoms. The Balaban J connectivity index is 2.92. The molecule has 0 bridgehead atoms. The summed E-state index contributed by atoms with van der Waals surface area (Å²) >= 11 is 0. The van der Waals surface area contributed by atoms with Gasteiger partial charge in [-0.05, 0) is 17.3 Å². The van der Waals surface area contributed by atoms with Crippen molar-refractivity contribution in [3.63, 3.8) is 0 Å². The van der Waals surface area contributed by atoms with Gasteiger partial charge in [-0.15, -0.1) is 10.2 Å². The van der Waals surface area contributed by atoms with Gasteiger partial charge >= 0.3 is 0 Å². The van der Waals surface area contributed by atoms with Gasteiger partial charge < -0.3 is 10.3 Å². The lowest BCUT2D eigenvalue weighted by molar-refractivity contribution is 0.253. The molecule has 1 atom stereocenters. The van der Waals surface area contributed by atoms with Gasteiger partial charge in [0.25, 0.3) is 0 Å². The molecule has 1 heterocycles. The third kappa shape index (κ3) is 3.80. The second-order valence-electron chi connectivity index (χ2n) is 6.71. The minimum atomic E-state index is 0.289. The van der Waals surface area contributed by atoms with Gasteiger partial charge in [-0.2, -0.15) is 0 Å². The zero-order valence-electron chi connectivity index (χ0n) is 12.7. The van der Waals surface area contributed by atoms with Gasteiger partial charge in [0.05, 0.1) is 6.54 Å². The van der Waals surface area contributed by atoms with Crippen molar-refractivity contribution in [3.05, 3.63) is 11.6 Å². The van der Waals surface area contributed by atoms with Crippen molar-refractivity contribution in [2.45, 2.75) is 61.1 Å². The molecule has 0 aromatic carbocycles. The Labute approximate surface area is 111 Å². The minimum Gasteiger partial charge on any atom is -0.324 e. The molecule has 104 valence electrons. The van der Waals surface area contributed by atoms with E-state index in [4.69, 9.17) is 5.73 Å². The third-order valence-corrected chi connectivity index (χ3v) is 3.60. The topological polar surface area (TPSA) is 56.7 Å². The lowest BCUT2D eigenvalue weighted by atomic mass is 9.80. The molecule has 4 nitrogen and oxygen atoms in total. The largest absolute Gasteiger partial charge is 0.324 e. The van der Waals surface area contributed by atoms with Crippen LogP contribution in [-0.2, 0) is 19.5 Å². The van der Waals surface area contributed by atoms with Crippen molar-refractivity contribution in [2.75, 3.05) is 0 Å². The maximum absolute atomic E-state index is 5.73.